The maximum absolute atomic E-state index is 13.7. The number of hydrogen-bond donors (Lipinski definition) is 1. The molecule has 7 heteroatoms. The maximum atomic E-state index is 13.7. The van der Waals surface area contributed by atoms with Crippen molar-refractivity contribution in [1.29, 1.82) is 0 Å². The Morgan fingerprint density at radius 3 is 2.34 bits per heavy atom. The van der Waals surface area contributed by atoms with Crippen molar-refractivity contribution in [2.45, 2.75) is 45.4 Å². The molecule has 6 rings (SSSR count). The van der Waals surface area contributed by atoms with Gasteiger partial charge in [-0.05, 0) is 72.9 Å². The first-order valence-corrected chi connectivity index (χ1v) is 15.0. The number of aliphatic hydroxyl groups is 1. The predicted octanol–water partition coefficient (Wildman–Crippen LogP) is 6.65. The largest absolute Gasteiger partial charge is 0.507 e. The molecule has 0 unspecified atom stereocenters. The number of nitrogens with zero attached hydrogens (tertiary/aromatic N) is 1. The molecule has 0 bridgehead atoms. The highest BCUT2D eigenvalue weighted by atomic mass is 16.5. The van der Waals surface area contributed by atoms with Crippen molar-refractivity contribution in [2.75, 3.05) is 13.2 Å². The zero-order valence-electron chi connectivity index (χ0n) is 24.9. The van der Waals surface area contributed by atoms with Crippen LogP contribution in [-0.4, -0.2) is 41.0 Å². The molecule has 44 heavy (non-hydrogen) atoms. The van der Waals surface area contributed by atoms with Crippen LogP contribution < -0.4 is 14.2 Å². The number of ether oxygens (including phenoxy) is 3. The molecule has 1 fully saturated rings. The summed E-state index contributed by atoms with van der Waals surface area (Å²) in [5.41, 5.74) is 4.18. The molecule has 224 valence electrons. The number of Topliss-reactive ketones (excluding diaryl/α,β-unsaturated/α-hetero) is 1. The van der Waals surface area contributed by atoms with Gasteiger partial charge in [0.1, 0.15) is 24.2 Å². The fourth-order valence-corrected chi connectivity index (χ4v) is 5.89. The summed E-state index contributed by atoms with van der Waals surface area (Å²) >= 11 is 0. The van der Waals surface area contributed by atoms with Crippen molar-refractivity contribution in [3.63, 3.8) is 0 Å². The van der Waals surface area contributed by atoms with Crippen LogP contribution in [0.4, 0.5) is 0 Å². The molecule has 1 amide bonds. The standard InChI is InChI=1S/C37H35NO6/c1-3-42-32-22-27(14-17-31(32)43-23-26-12-8-5-9-13-26)34-33(35(39)28-15-16-30-29(21-28)20-24(2)44-30)36(40)37(41)38(34)19-18-25-10-6-4-7-11-25/h4-17,21-22,24,34,39H,3,18-20,23H2,1-2H3/b35-33+/t24-,34+/m1/s1. The average Bonchev–Trinajstić information content (AvgIpc) is 3.54. The van der Waals surface area contributed by atoms with Gasteiger partial charge >= 0.3 is 0 Å². The quantitative estimate of drug-likeness (QED) is 0.127. The summed E-state index contributed by atoms with van der Waals surface area (Å²) in [5.74, 6) is 0.245. The zero-order valence-corrected chi connectivity index (χ0v) is 24.9. The number of carbonyl (C=O) groups is 2. The third-order valence-corrected chi connectivity index (χ3v) is 8.01. The molecule has 0 saturated carbocycles. The number of hydrogen-bond acceptors (Lipinski definition) is 6. The number of aliphatic hydroxyl groups excluding tert-OH is 1. The number of carbonyl (C=O) groups excluding carboxylic acids is 2. The first-order chi connectivity index (χ1) is 21.4. The minimum Gasteiger partial charge on any atom is -0.507 e. The molecule has 0 radical (unpaired) electrons. The first kappa shape index (κ1) is 29.1. The van der Waals surface area contributed by atoms with Crippen molar-refractivity contribution in [2.24, 2.45) is 0 Å². The molecule has 2 aliphatic heterocycles. The Hall–Kier alpha value is -5.04. The van der Waals surface area contributed by atoms with E-state index in [1.807, 2.05) is 86.6 Å². The first-order valence-electron chi connectivity index (χ1n) is 15.0. The van der Waals surface area contributed by atoms with Gasteiger partial charge in [-0.3, -0.25) is 9.59 Å². The van der Waals surface area contributed by atoms with Crippen LogP contribution in [0.5, 0.6) is 17.2 Å². The average molecular weight is 590 g/mol. The second-order valence-corrected chi connectivity index (χ2v) is 11.1. The molecule has 0 spiro atoms. The number of ketones is 1. The molecule has 2 atom stereocenters. The molecule has 0 aromatic heterocycles. The van der Waals surface area contributed by atoms with Gasteiger partial charge in [0.15, 0.2) is 11.5 Å². The fraction of sp³-hybridized carbons (Fsp3) is 0.243. The minimum atomic E-state index is -0.815. The Bertz CT molecular complexity index is 1700. The maximum Gasteiger partial charge on any atom is 0.295 e. The van der Waals surface area contributed by atoms with Gasteiger partial charge in [-0.15, -0.1) is 0 Å². The van der Waals surface area contributed by atoms with E-state index in [9.17, 15) is 14.7 Å². The van der Waals surface area contributed by atoms with E-state index in [2.05, 4.69) is 0 Å². The van der Waals surface area contributed by atoms with Gasteiger partial charge in [0.05, 0.1) is 18.2 Å². The van der Waals surface area contributed by atoms with Crippen LogP contribution in [0, 0.1) is 0 Å². The summed E-state index contributed by atoms with van der Waals surface area (Å²) in [4.78, 5) is 28.8. The van der Waals surface area contributed by atoms with Gasteiger partial charge in [-0.2, -0.15) is 0 Å². The lowest BCUT2D eigenvalue weighted by Gasteiger charge is -2.26. The Balaban J connectivity index is 1.40. The predicted molar refractivity (Wildman–Crippen MR) is 168 cm³/mol. The lowest BCUT2D eigenvalue weighted by atomic mass is 9.94. The van der Waals surface area contributed by atoms with E-state index in [1.165, 1.54) is 0 Å². The van der Waals surface area contributed by atoms with Crippen molar-refractivity contribution in [3.05, 3.63) is 130 Å². The van der Waals surface area contributed by atoms with Crippen molar-refractivity contribution in [1.82, 2.24) is 4.90 Å². The van der Waals surface area contributed by atoms with E-state index in [0.717, 1.165) is 22.4 Å². The van der Waals surface area contributed by atoms with Gasteiger partial charge in [-0.25, -0.2) is 0 Å². The molecule has 7 nitrogen and oxygen atoms in total. The van der Waals surface area contributed by atoms with Gasteiger partial charge in [0.2, 0.25) is 0 Å². The fourth-order valence-electron chi connectivity index (χ4n) is 5.89. The molecule has 2 aliphatic rings. The van der Waals surface area contributed by atoms with E-state index in [1.54, 1.807) is 29.2 Å². The van der Waals surface area contributed by atoms with Crippen LogP contribution in [0.25, 0.3) is 5.76 Å². The molecule has 4 aromatic carbocycles. The van der Waals surface area contributed by atoms with E-state index < -0.39 is 17.7 Å². The molecule has 1 saturated heterocycles. The Labute approximate surface area is 257 Å². The monoisotopic (exact) mass is 589 g/mol. The lowest BCUT2D eigenvalue weighted by molar-refractivity contribution is -0.139. The number of amides is 1. The summed E-state index contributed by atoms with van der Waals surface area (Å²) < 4.78 is 17.9. The second kappa shape index (κ2) is 12.7. The van der Waals surface area contributed by atoms with Crippen molar-refractivity contribution in [3.8, 4) is 17.2 Å². The van der Waals surface area contributed by atoms with Crippen LogP contribution in [-0.2, 0) is 29.0 Å². The zero-order chi connectivity index (χ0) is 30.6. The summed E-state index contributed by atoms with van der Waals surface area (Å²) in [6.45, 7) is 4.92. The van der Waals surface area contributed by atoms with Crippen LogP contribution in [0.15, 0.2) is 103 Å². The number of benzene rings is 4. The van der Waals surface area contributed by atoms with Gasteiger partial charge < -0.3 is 24.2 Å². The Morgan fingerprint density at radius 2 is 1.61 bits per heavy atom. The number of rotatable bonds is 10. The Morgan fingerprint density at radius 1 is 0.886 bits per heavy atom. The van der Waals surface area contributed by atoms with E-state index >= 15 is 0 Å². The molecular weight excluding hydrogens is 554 g/mol. The van der Waals surface area contributed by atoms with Gasteiger partial charge in [0, 0.05) is 18.5 Å². The Kier molecular flexibility index (Phi) is 8.37. The van der Waals surface area contributed by atoms with Crippen LogP contribution >= 0.6 is 0 Å². The van der Waals surface area contributed by atoms with Gasteiger partial charge in [0.25, 0.3) is 11.7 Å². The molecule has 0 aliphatic carbocycles. The van der Waals surface area contributed by atoms with Gasteiger partial charge in [-0.1, -0.05) is 66.7 Å². The summed E-state index contributed by atoms with van der Waals surface area (Å²) in [6, 6.07) is 29.7. The highest BCUT2D eigenvalue weighted by Crippen LogP contribution is 2.43. The number of likely N-dealkylation sites (tertiary alicyclic amines) is 1. The van der Waals surface area contributed by atoms with E-state index in [-0.39, 0.29) is 17.4 Å². The highest BCUT2D eigenvalue weighted by molar-refractivity contribution is 6.46. The summed E-state index contributed by atoms with van der Waals surface area (Å²) in [7, 11) is 0. The normalized spacial score (nSPS) is 18.6. The summed E-state index contributed by atoms with van der Waals surface area (Å²) in [6.07, 6.45) is 1.29. The van der Waals surface area contributed by atoms with Crippen LogP contribution in [0.2, 0.25) is 0 Å². The third kappa shape index (κ3) is 5.91. The molecule has 4 aromatic rings. The van der Waals surface area contributed by atoms with E-state index in [4.69, 9.17) is 14.2 Å². The third-order valence-electron chi connectivity index (χ3n) is 8.01. The van der Waals surface area contributed by atoms with E-state index in [0.29, 0.717) is 55.2 Å². The second-order valence-electron chi connectivity index (χ2n) is 11.1. The SMILES string of the molecule is CCOc1cc([C@H]2/C(=C(\O)c3ccc4c(c3)C[C@@H](C)O4)C(=O)C(=O)N2CCc2ccccc2)ccc1OCc1ccccc1. The highest BCUT2D eigenvalue weighted by Gasteiger charge is 2.46. The van der Waals surface area contributed by atoms with Crippen molar-refractivity contribution >= 4 is 17.4 Å². The minimum absolute atomic E-state index is 0.0329. The van der Waals surface area contributed by atoms with Crippen LogP contribution in [0.1, 0.15) is 47.7 Å². The summed E-state index contributed by atoms with van der Waals surface area (Å²) in [5, 5.41) is 11.7. The van der Waals surface area contributed by atoms with Crippen molar-refractivity contribution < 1.29 is 28.9 Å². The van der Waals surface area contributed by atoms with Crippen LogP contribution in [0.3, 0.4) is 0 Å². The topological polar surface area (TPSA) is 85.3 Å². The number of fused-ring (bicyclic) bond motifs is 1. The lowest BCUT2D eigenvalue weighted by Crippen LogP contribution is -2.31. The molecule has 1 N–H and O–H groups in total. The smallest absolute Gasteiger partial charge is 0.295 e. The molecular formula is C37H35NO6. The molecule has 2 heterocycles.